The van der Waals surface area contributed by atoms with Crippen molar-refractivity contribution in [2.24, 2.45) is 0 Å². The molecule has 0 spiro atoms. The van der Waals surface area contributed by atoms with Crippen molar-refractivity contribution in [1.29, 1.82) is 0 Å². The molecule has 0 aliphatic carbocycles. The zero-order chi connectivity index (χ0) is 16.1. The second-order valence-corrected chi connectivity index (χ2v) is 11.5. The first kappa shape index (κ1) is 24.1. The quantitative estimate of drug-likeness (QED) is 0.167. The molecule has 0 saturated carbocycles. The Hall–Kier alpha value is 3.15. The molecule has 0 amide bonds. The number of hydrogen-bond donors (Lipinski definition) is 6. The zero-order valence-corrected chi connectivity index (χ0v) is 19.7. The first-order valence-electron chi connectivity index (χ1n) is 6.75. The van der Waals surface area contributed by atoms with Crippen molar-refractivity contribution in [3.8, 4) is 0 Å². The van der Waals surface area contributed by atoms with Crippen LogP contribution in [0.1, 0.15) is 6.42 Å². The van der Waals surface area contributed by atoms with Crippen LogP contribution in [0.4, 0.5) is 0 Å². The van der Waals surface area contributed by atoms with Crippen molar-refractivity contribution in [2.45, 2.75) is 26.8 Å². The van der Waals surface area contributed by atoms with Crippen LogP contribution in [0.15, 0.2) is 0 Å². The van der Waals surface area contributed by atoms with Gasteiger partial charge < -0.3 is 0 Å². The molecule has 0 radical (unpaired) electrons. The highest BCUT2D eigenvalue weighted by Crippen LogP contribution is 2.33. The molecule has 0 N–H and O–H groups in total. The molecule has 0 aromatic heterocycles. The Morgan fingerprint density at radius 3 is 1.90 bits per heavy atom. The van der Waals surface area contributed by atoms with E-state index in [1.54, 1.807) is 0 Å². The Bertz CT molecular complexity index is 229. The van der Waals surface area contributed by atoms with Gasteiger partial charge in [0.15, 0.2) is 0 Å². The van der Waals surface area contributed by atoms with Crippen molar-refractivity contribution < 1.29 is 0 Å². The molecule has 0 nitrogen and oxygen atoms in total. The summed E-state index contributed by atoms with van der Waals surface area (Å²) in [5.41, 5.74) is 0. The molecule has 0 aliphatic heterocycles. The van der Waals surface area contributed by atoms with Crippen molar-refractivity contribution >= 4 is 111 Å². The minimum atomic E-state index is 0.346. The van der Waals surface area contributed by atoms with Crippen LogP contribution in [0.3, 0.4) is 0 Å². The average molecular weight is 459 g/mol. The summed E-state index contributed by atoms with van der Waals surface area (Å²) >= 11 is 32.7. The van der Waals surface area contributed by atoms with E-state index in [1.165, 1.54) is 0 Å². The normalized spacial score (nSPS) is 17.4. The standard InChI is InChI=1S/C12H26S9/c13-2-1-11(18)21-8-9(17)12(20-6-4-15)10(7-16)19-5-3-14/h9-18H,1-8H2. The third-order valence-electron chi connectivity index (χ3n) is 2.59. The fourth-order valence-corrected chi connectivity index (χ4v) is 8.20. The first-order chi connectivity index (χ1) is 10.1. The van der Waals surface area contributed by atoms with Crippen molar-refractivity contribution in [3.05, 3.63) is 0 Å². The highest BCUT2D eigenvalue weighted by atomic mass is 32.2. The lowest BCUT2D eigenvalue weighted by Crippen LogP contribution is -2.33. The molecule has 0 heterocycles. The van der Waals surface area contributed by atoms with Crippen LogP contribution in [-0.2, 0) is 0 Å². The second kappa shape index (κ2) is 16.6. The van der Waals surface area contributed by atoms with Crippen molar-refractivity contribution in [3.63, 3.8) is 0 Å². The molecule has 9 heteroatoms. The maximum absolute atomic E-state index is 4.87. The highest BCUT2D eigenvalue weighted by Gasteiger charge is 2.27. The fraction of sp³-hybridized carbons (Fsp3) is 1.00. The van der Waals surface area contributed by atoms with Gasteiger partial charge in [0.1, 0.15) is 0 Å². The minimum absolute atomic E-state index is 0.346. The lowest BCUT2D eigenvalue weighted by atomic mass is 10.2. The van der Waals surface area contributed by atoms with E-state index in [4.69, 9.17) is 12.6 Å². The maximum atomic E-state index is 4.87. The minimum Gasteiger partial charge on any atom is -0.179 e. The zero-order valence-electron chi connectivity index (χ0n) is 11.9. The Morgan fingerprint density at radius 2 is 1.38 bits per heavy atom. The molecule has 0 aromatic carbocycles. The van der Waals surface area contributed by atoms with Gasteiger partial charge in [-0.3, -0.25) is 0 Å². The van der Waals surface area contributed by atoms with E-state index in [-0.39, 0.29) is 0 Å². The van der Waals surface area contributed by atoms with E-state index in [0.717, 1.165) is 46.7 Å². The lowest BCUT2D eigenvalue weighted by molar-refractivity contribution is 0.842. The molecule has 4 atom stereocenters. The van der Waals surface area contributed by atoms with Crippen LogP contribution in [0.25, 0.3) is 0 Å². The van der Waals surface area contributed by atoms with Gasteiger partial charge in [0.2, 0.25) is 0 Å². The van der Waals surface area contributed by atoms with E-state index >= 15 is 0 Å². The molecule has 0 rings (SSSR count). The Balaban J connectivity index is 4.46. The number of thioether (sulfide) groups is 3. The smallest absolute Gasteiger partial charge is 0.0480 e. The lowest BCUT2D eigenvalue weighted by Gasteiger charge is -2.30. The van der Waals surface area contributed by atoms with E-state index < -0.39 is 0 Å². The van der Waals surface area contributed by atoms with Crippen LogP contribution in [0, 0.1) is 0 Å². The topological polar surface area (TPSA) is 0 Å². The second-order valence-electron chi connectivity index (χ2n) is 4.24. The summed E-state index contributed by atoms with van der Waals surface area (Å²) in [7, 11) is 0. The molecule has 0 fully saturated rings. The molecule has 128 valence electrons. The van der Waals surface area contributed by atoms with Gasteiger partial charge in [-0.25, -0.2) is 0 Å². The molecule has 0 bridgehead atoms. The molecule has 0 aliphatic rings. The summed E-state index contributed by atoms with van der Waals surface area (Å²) in [5, 5.41) is 1.35. The van der Waals surface area contributed by atoms with Gasteiger partial charge in [0.05, 0.1) is 0 Å². The summed E-state index contributed by atoms with van der Waals surface area (Å²) in [6, 6.07) is 0. The number of hydrogen-bond acceptors (Lipinski definition) is 9. The van der Waals surface area contributed by atoms with Gasteiger partial charge in [-0.1, -0.05) is 0 Å². The maximum Gasteiger partial charge on any atom is 0.0480 e. The SMILES string of the molecule is SCCSC(CS)C(SCCS)C(S)CSC(S)CCS. The van der Waals surface area contributed by atoms with Gasteiger partial charge in [-0.2, -0.15) is 99.3 Å². The predicted molar refractivity (Wildman–Crippen MR) is 131 cm³/mol. The van der Waals surface area contributed by atoms with Crippen molar-refractivity contribution in [1.82, 2.24) is 0 Å². The summed E-state index contributed by atoms with van der Waals surface area (Å²) < 4.78 is 0.354. The van der Waals surface area contributed by atoms with E-state index in [9.17, 15) is 0 Å². The molecule has 0 aromatic rings. The molecular weight excluding hydrogens is 433 g/mol. The molecule has 4 unspecified atom stereocenters. The Morgan fingerprint density at radius 1 is 0.762 bits per heavy atom. The summed E-state index contributed by atoms with van der Waals surface area (Å²) in [6.07, 6.45) is 1.02. The summed E-state index contributed by atoms with van der Waals surface area (Å²) in [4.78, 5) is 0. The first-order valence-corrected chi connectivity index (χ1v) is 13.5. The molecular formula is C12H26S9. The van der Waals surface area contributed by atoms with Crippen LogP contribution >= 0.6 is 111 Å². The molecule has 21 heavy (non-hydrogen) atoms. The van der Waals surface area contributed by atoms with E-state index in [1.807, 2.05) is 35.3 Å². The van der Waals surface area contributed by atoms with Crippen LogP contribution < -0.4 is 0 Å². The van der Waals surface area contributed by atoms with Gasteiger partial charge in [-0.15, -0.1) is 11.8 Å². The van der Waals surface area contributed by atoms with Gasteiger partial charge >= 0.3 is 0 Å². The van der Waals surface area contributed by atoms with Crippen LogP contribution in [0.2, 0.25) is 0 Å². The largest absolute Gasteiger partial charge is 0.179 e. The fourth-order valence-electron chi connectivity index (χ4n) is 1.61. The summed E-state index contributed by atoms with van der Waals surface area (Å²) in [5.74, 6) is 6.71. The molecule has 0 saturated heterocycles. The summed E-state index contributed by atoms with van der Waals surface area (Å²) in [6.45, 7) is 0. The third kappa shape index (κ3) is 12.2. The van der Waals surface area contributed by atoms with Gasteiger partial charge in [0.25, 0.3) is 0 Å². The highest BCUT2D eigenvalue weighted by molar-refractivity contribution is 8.11. The number of rotatable bonds is 14. The Kier molecular flexibility index (Phi) is 19.1. The monoisotopic (exact) mass is 458 g/mol. The number of thiol groups is 6. The van der Waals surface area contributed by atoms with Gasteiger partial charge in [0, 0.05) is 43.3 Å². The van der Waals surface area contributed by atoms with Crippen LogP contribution in [0.5, 0.6) is 0 Å². The van der Waals surface area contributed by atoms with Crippen molar-refractivity contribution in [2.75, 3.05) is 40.3 Å². The van der Waals surface area contributed by atoms with E-state index in [0.29, 0.717) is 20.3 Å². The van der Waals surface area contributed by atoms with Gasteiger partial charge in [-0.05, 0) is 23.7 Å². The van der Waals surface area contributed by atoms with E-state index in [2.05, 4.69) is 63.1 Å². The Labute approximate surface area is 176 Å². The average Bonchev–Trinajstić information content (AvgIpc) is 2.48. The van der Waals surface area contributed by atoms with Crippen LogP contribution in [-0.4, -0.2) is 60.6 Å². The third-order valence-corrected chi connectivity index (χ3v) is 10.3. The predicted octanol–water partition coefficient (Wildman–Crippen LogP) is 4.59.